The van der Waals surface area contributed by atoms with Gasteiger partial charge < -0.3 is 23.2 Å². The zero-order chi connectivity index (χ0) is 19.2. The van der Waals surface area contributed by atoms with Crippen LogP contribution in [0.1, 0.15) is 20.8 Å². The first kappa shape index (κ1) is 17.5. The molecule has 0 atom stereocenters. The number of ether oxygens (including phenoxy) is 2. The highest BCUT2D eigenvalue weighted by Gasteiger charge is 2.34. The number of likely N-dealkylation sites (tertiary alicyclic amines) is 1. The third-order valence-electron chi connectivity index (χ3n) is 4.38. The summed E-state index contributed by atoms with van der Waals surface area (Å²) in [5.74, 6) is 0.834. The van der Waals surface area contributed by atoms with Gasteiger partial charge in [0.1, 0.15) is 22.5 Å². The summed E-state index contributed by atoms with van der Waals surface area (Å²) in [5.41, 5.74) is 0.0875. The van der Waals surface area contributed by atoms with Crippen molar-refractivity contribution in [2.24, 2.45) is 5.92 Å². The van der Waals surface area contributed by atoms with Crippen LogP contribution in [0.2, 0.25) is 0 Å². The third kappa shape index (κ3) is 3.49. The van der Waals surface area contributed by atoms with Gasteiger partial charge in [-0.05, 0) is 32.9 Å². The molecule has 1 aliphatic heterocycles. The van der Waals surface area contributed by atoms with Gasteiger partial charge in [-0.25, -0.2) is 9.59 Å². The Morgan fingerprint density at radius 3 is 2.67 bits per heavy atom. The topological polar surface area (TPSA) is 82.1 Å². The largest absolute Gasteiger partial charge is 0.492 e. The van der Waals surface area contributed by atoms with Crippen molar-refractivity contribution in [2.75, 3.05) is 19.7 Å². The number of hydrogen-bond acceptors (Lipinski definition) is 6. The molecule has 0 radical (unpaired) electrons. The Balaban J connectivity index is 1.48. The summed E-state index contributed by atoms with van der Waals surface area (Å²) in [4.78, 5) is 25.2. The lowest BCUT2D eigenvalue weighted by atomic mass is 10.0. The molecular formula is C20H21NO6. The van der Waals surface area contributed by atoms with Crippen molar-refractivity contribution in [1.82, 2.24) is 4.90 Å². The number of fused-ring (bicyclic) bond motifs is 2. The number of carbonyl (C=O) groups is 1. The molecule has 1 aliphatic rings. The molecule has 27 heavy (non-hydrogen) atoms. The zero-order valence-electron chi connectivity index (χ0n) is 15.5. The normalized spacial score (nSPS) is 15.1. The van der Waals surface area contributed by atoms with Crippen molar-refractivity contribution in [3.63, 3.8) is 0 Å². The van der Waals surface area contributed by atoms with E-state index in [0.29, 0.717) is 42.0 Å². The van der Waals surface area contributed by atoms with Gasteiger partial charge in [-0.3, -0.25) is 0 Å². The Hall–Kier alpha value is -2.96. The van der Waals surface area contributed by atoms with Crippen molar-refractivity contribution in [3.8, 4) is 5.75 Å². The number of carbonyl (C=O) groups excluding carboxylic acids is 1. The van der Waals surface area contributed by atoms with E-state index in [1.807, 2.05) is 26.8 Å². The van der Waals surface area contributed by atoms with E-state index in [4.69, 9.17) is 18.3 Å². The second kappa shape index (κ2) is 6.33. The number of furan rings is 1. The van der Waals surface area contributed by atoms with Crippen LogP contribution >= 0.6 is 0 Å². The summed E-state index contributed by atoms with van der Waals surface area (Å²) in [6.07, 6.45) is 1.27. The molecule has 0 spiro atoms. The van der Waals surface area contributed by atoms with Gasteiger partial charge >= 0.3 is 11.7 Å². The van der Waals surface area contributed by atoms with Crippen LogP contribution in [0.25, 0.3) is 21.9 Å². The maximum Gasteiger partial charge on any atom is 0.410 e. The molecule has 0 unspecified atom stereocenters. The lowest BCUT2D eigenvalue weighted by molar-refractivity contribution is -0.00764. The Morgan fingerprint density at radius 1 is 1.19 bits per heavy atom. The standard InChI is InChI=1S/C20H21NO6/c1-20(2,3)27-19(23)21-9-12(10-21)11-25-18-13-4-5-17(22)26-16(13)8-15-14(18)6-7-24-15/h4-8,12H,9-11H2,1-3H3. The van der Waals surface area contributed by atoms with Gasteiger partial charge in [0.2, 0.25) is 0 Å². The molecule has 3 aromatic rings. The van der Waals surface area contributed by atoms with Crippen molar-refractivity contribution in [1.29, 1.82) is 0 Å². The number of nitrogens with zero attached hydrogens (tertiary/aromatic N) is 1. The van der Waals surface area contributed by atoms with Crippen molar-refractivity contribution in [2.45, 2.75) is 26.4 Å². The van der Waals surface area contributed by atoms with Gasteiger partial charge in [0.05, 0.1) is 23.6 Å². The molecule has 4 rings (SSSR count). The fraction of sp³-hybridized carbons (Fsp3) is 0.400. The van der Waals surface area contributed by atoms with E-state index in [-0.39, 0.29) is 12.0 Å². The first-order valence-electron chi connectivity index (χ1n) is 8.85. The van der Waals surface area contributed by atoms with E-state index in [2.05, 4.69) is 0 Å². The van der Waals surface area contributed by atoms with Crippen molar-refractivity contribution >= 4 is 28.0 Å². The van der Waals surface area contributed by atoms with Crippen LogP contribution in [0.3, 0.4) is 0 Å². The lowest BCUT2D eigenvalue weighted by Crippen LogP contribution is -2.53. The van der Waals surface area contributed by atoms with Crippen LogP contribution in [0.4, 0.5) is 4.79 Å². The molecular weight excluding hydrogens is 350 g/mol. The van der Waals surface area contributed by atoms with Crippen LogP contribution in [-0.2, 0) is 4.74 Å². The van der Waals surface area contributed by atoms with Gasteiger partial charge in [0.15, 0.2) is 0 Å². The van der Waals surface area contributed by atoms with Gasteiger partial charge in [-0.1, -0.05) is 0 Å². The van der Waals surface area contributed by atoms with E-state index in [1.165, 1.54) is 6.07 Å². The van der Waals surface area contributed by atoms with Crippen molar-refractivity contribution in [3.05, 3.63) is 40.9 Å². The van der Waals surface area contributed by atoms with Gasteiger partial charge in [0, 0.05) is 31.1 Å². The number of benzene rings is 1. The maximum atomic E-state index is 12.0. The molecule has 1 saturated heterocycles. The fourth-order valence-electron chi connectivity index (χ4n) is 3.12. The molecule has 0 saturated carbocycles. The Bertz CT molecular complexity index is 1050. The van der Waals surface area contributed by atoms with E-state index >= 15 is 0 Å². The number of rotatable bonds is 3. The molecule has 7 nitrogen and oxygen atoms in total. The highest BCUT2D eigenvalue weighted by Crippen LogP contribution is 2.35. The molecule has 2 aromatic heterocycles. The summed E-state index contributed by atoms with van der Waals surface area (Å²) in [6.45, 7) is 7.16. The number of hydrogen-bond donors (Lipinski definition) is 0. The average Bonchev–Trinajstić information content (AvgIpc) is 2.98. The molecule has 1 aromatic carbocycles. The van der Waals surface area contributed by atoms with E-state index < -0.39 is 11.2 Å². The van der Waals surface area contributed by atoms with Gasteiger partial charge in [-0.2, -0.15) is 0 Å². The van der Waals surface area contributed by atoms with Crippen LogP contribution in [-0.4, -0.2) is 36.3 Å². The maximum absolute atomic E-state index is 12.0. The minimum Gasteiger partial charge on any atom is -0.492 e. The SMILES string of the molecule is CC(C)(C)OC(=O)N1CC(COc2c3ccoc3cc3oc(=O)ccc23)C1. The zero-order valence-corrected chi connectivity index (χ0v) is 15.5. The molecule has 0 bridgehead atoms. The minimum atomic E-state index is -0.502. The van der Waals surface area contributed by atoms with Crippen LogP contribution in [0.15, 0.2) is 44.2 Å². The molecule has 7 heteroatoms. The second-order valence-electron chi connectivity index (χ2n) is 7.77. The summed E-state index contributed by atoms with van der Waals surface area (Å²) >= 11 is 0. The predicted octanol–water partition coefficient (Wildman–Crippen LogP) is 3.78. The molecule has 3 heterocycles. The summed E-state index contributed by atoms with van der Waals surface area (Å²) < 4.78 is 22.1. The molecule has 1 amide bonds. The monoisotopic (exact) mass is 371 g/mol. The molecule has 1 fully saturated rings. The first-order chi connectivity index (χ1) is 12.8. The van der Waals surface area contributed by atoms with Gasteiger partial charge in [-0.15, -0.1) is 0 Å². The third-order valence-corrected chi connectivity index (χ3v) is 4.38. The van der Waals surface area contributed by atoms with E-state index in [1.54, 1.807) is 23.3 Å². The van der Waals surface area contributed by atoms with Gasteiger partial charge in [0.25, 0.3) is 0 Å². The van der Waals surface area contributed by atoms with E-state index in [0.717, 1.165) is 5.39 Å². The first-order valence-corrected chi connectivity index (χ1v) is 8.85. The molecule has 0 N–H and O–H groups in total. The highest BCUT2D eigenvalue weighted by molar-refractivity contribution is 6.01. The predicted molar refractivity (Wildman–Crippen MR) is 99.0 cm³/mol. The highest BCUT2D eigenvalue weighted by atomic mass is 16.6. The Labute approximate surface area is 155 Å². The average molecular weight is 371 g/mol. The van der Waals surface area contributed by atoms with Crippen molar-refractivity contribution < 1.29 is 23.1 Å². The summed E-state index contributed by atoms with van der Waals surface area (Å²) in [5, 5.41) is 1.53. The second-order valence-corrected chi connectivity index (χ2v) is 7.77. The summed E-state index contributed by atoms with van der Waals surface area (Å²) in [6, 6.07) is 6.57. The minimum absolute atomic E-state index is 0.213. The van der Waals surface area contributed by atoms with Crippen LogP contribution < -0.4 is 10.4 Å². The Morgan fingerprint density at radius 2 is 1.93 bits per heavy atom. The van der Waals surface area contributed by atoms with E-state index in [9.17, 15) is 9.59 Å². The smallest absolute Gasteiger partial charge is 0.410 e. The molecule has 0 aliphatic carbocycles. The van der Waals surface area contributed by atoms with Crippen LogP contribution in [0, 0.1) is 5.92 Å². The summed E-state index contributed by atoms with van der Waals surface area (Å²) in [7, 11) is 0. The molecule has 142 valence electrons. The fourth-order valence-corrected chi connectivity index (χ4v) is 3.12. The lowest BCUT2D eigenvalue weighted by Gasteiger charge is -2.39. The van der Waals surface area contributed by atoms with Crippen LogP contribution in [0.5, 0.6) is 5.75 Å². The number of amides is 1. The quantitative estimate of drug-likeness (QED) is 0.652. The Kier molecular flexibility index (Phi) is 4.09.